The Morgan fingerprint density at radius 1 is 0.640 bits per heavy atom. The first kappa shape index (κ1) is 28.2. The van der Waals surface area contributed by atoms with E-state index in [0.29, 0.717) is 0 Å². The van der Waals surface area contributed by atoms with Crippen molar-refractivity contribution in [3.63, 3.8) is 0 Å². The number of rotatable bonds is 12. The highest BCUT2D eigenvalue weighted by Crippen LogP contribution is 2.19. The van der Waals surface area contributed by atoms with Crippen molar-refractivity contribution < 1.29 is 39.6 Å². The molecule has 0 saturated heterocycles. The van der Waals surface area contributed by atoms with E-state index in [2.05, 4.69) is 0 Å². The van der Waals surface area contributed by atoms with Crippen molar-refractivity contribution in [1.82, 2.24) is 9.80 Å². The molecule has 0 aliphatic rings. The molecule has 0 aliphatic carbocycles. The maximum absolute atomic E-state index is 10.8. The van der Waals surface area contributed by atoms with E-state index in [0.717, 1.165) is 0 Å². The van der Waals surface area contributed by atoms with Crippen LogP contribution in [-0.4, -0.2) is 93.4 Å². The quantitative estimate of drug-likeness (QED) is 0.342. The van der Waals surface area contributed by atoms with E-state index in [4.69, 9.17) is 20.4 Å². The molecule has 12 heteroatoms. The van der Waals surface area contributed by atoms with Gasteiger partial charge in [0.15, 0.2) is 0 Å². The zero-order valence-electron chi connectivity index (χ0n) is 13.9. The standard InChI is InChI=1S/C13H22N2O8.2ClH/c1-13(2,7-14(3-9(16)17)4-10(18)19)8-15(5-11(20)21)6-12(22)23;;/h3-8H2,1-2H3,(H,16,17)(H,18,19)(H,20,21)(H,22,23);2*1H. The lowest BCUT2D eigenvalue weighted by Crippen LogP contribution is -2.47. The summed E-state index contributed by atoms with van der Waals surface area (Å²) in [4.78, 5) is 45.6. The average Bonchev–Trinajstić information content (AvgIpc) is 2.22. The van der Waals surface area contributed by atoms with Gasteiger partial charge in [-0.1, -0.05) is 13.8 Å². The van der Waals surface area contributed by atoms with Crippen molar-refractivity contribution in [2.24, 2.45) is 5.41 Å². The maximum atomic E-state index is 10.8. The summed E-state index contributed by atoms with van der Waals surface area (Å²) < 4.78 is 0. The lowest BCUT2D eigenvalue weighted by molar-refractivity contribution is -0.143. The molecule has 148 valence electrons. The molecular formula is C13H24Cl2N2O8. The molecule has 0 fully saturated rings. The molecule has 0 aromatic carbocycles. The molecule has 0 rings (SSSR count). The van der Waals surface area contributed by atoms with E-state index >= 15 is 0 Å². The second-order valence-corrected chi connectivity index (χ2v) is 6.03. The van der Waals surface area contributed by atoms with Crippen LogP contribution in [0.2, 0.25) is 0 Å². The Bertz CT molecular complexity index is 401. The van der Waals surface area contributed by atoms with Crippen LogP contribution in [0, 0.1) is 5.41 Å². The minimum absolute atomic E-state index is 0. The Balaban J connectivity index is -0.00000242. The largest absolute Gasteiger partial charge is 0.480 e. The van der Waals surface area contributed by atoms with Crippen molar-refractivity contribution >= 4 is 48.7 Å². The van der Waals surface area contributed by atoms with Gasteiger partial charge in [0.25, 0.3) is 0 Å². The highest BCUT2D eigenvalue weighted by Gasteiger charge is 2.28. The molecule has 0 spiro atoms. The third-order valence-corrected chi connectivity index (χ3v) is 2.74. The summed E-state index contributed by atoms with van der Waals surface area (Å²) in [5.41, 5.74) is -0.712. The van der Waals surface area contributed by atoms with Gasteiger partial charge in [0, 0.05) is 13.1 Å². The van der Waals surface area contributed by atoms with Crippen molar-refractivity contribution in [3.8, 4) is 0 Å². The number of halogens is 2. The summed E-state index contributed by atoms with van der Waals surface area (Å²) >= 11 is 0. The zero-order valence-corrected chi connectivity index (χ0v) is 15.5. The van der Waals surface area contributed by atoms with E-state index in [1.165, 1.54) is 9.80 Å². The van der Waals surface area contributed by atoms with Gasteiger partial charge in [0.1, 0.15) is 0 Å². The first-order chi connectivity index (χ1) is 10.4. The number of hydrogen-bond donors (Lipinski definition) is 4. The Morgan fingerprint density at radius 2 is 0.840 bits per heavy atom. The normalized spacial score (nSPS) is 10.7. The zero-order chi connectivity index (χ0) is 18.2. The highest BCUT2D eigenvalue weighted by molar-refractivity contribution is 5.85. The Morgan fingerprint density at radius 3 is 1.00 bits per heavy atom. The van der Waals surface area contributed by atoms with Gasteiger partial charge >= 0.3 is 23.9 Å². The third-order valence-electron chi connectivity index (χ3n) is 2.74. The Hall–Kier alpha value is -1.62. The summed E-state index contributed by atoms with van der Waals surface area (Å²) in [5, 5.41) is 35.3. The fraction of sp³-hybridized carbons (Fsp3) is 0.692. The summed E-state index contributed by atoms with van der Waals surface area (Å²) in [6, 6.07) is 0. The SMILES string of the molecule is CC(C)(CN(CC(=O)O)CC(=O)O)CN(CC(=O)O)CC(=O)O.Cl.Cl. The lowest BCUT2D eigenvalue weighted by atomic mass is 9.91. The van der Waals surface area contributed by atoms with Gasteiger partial charge in [-0.25, -0.2) is 0 Å². The molecule has 0 atom stereocenters. The molecule has 10 nitrogen and oxygen atoms in total. The number of hydrogen-bond acceptors (Lipinski definition) is 6. The fourth-order valence-corrected chi connectivity index (χ4v) is 2.36. The van der Waals surface area contributed by atoms with Gasteiger partial charge in [-0.05, 0) is 5.41 Å². The van der Waals surface area contributed by atoms with Crippen molar-refractivity contribution in [1.29, 1.82) is 0 Å². The van der Waals surface area contributed by atoms with E-state index < -0.39 is 55.5 Å². The molecule has 0 unspecified atom stereocenters. The van der Waals surface area contributed by atoms with Crippen LogP contribution < -0.4 is 0 Å². The smallest absolute Gasteiger partial charge is 0.317 e. The van der Waals surface area contributed by atoms with Crippen LogP contribution in [0.4, 0.5) is 0 Å². The number of nitrogens with zero attached hydrogens (tertiary/aromatic N) is 2. The number of carboxylic acids is 4. The van der Waals surface area contributed by atoms with E-state index in [9.17, 15) is 19.2 Å². The molecule has 0 amide bonds. The number of carbonyl (C=O) groups is 4. The second-order valence-electron chi connectivity index (χ2n) is 6.03. The van der Waals surface area contributed by atoms with Gasteiger partial charge in [-0.3, -0.25) is 29.0 Å². The van der Waals surface area contributed by atoms with Gasteiger partial charge in [0.2, 0.25) is 0 Å². The van der Waals surface area contributed by atoms with Crippen LogP contribution in [0.25, 0.3) is 0 Å². The monoisotopic (exact) mass is 406 g/mol. The van der Waals surface area contributed by atoms with Crippen LogP contribution in [-0.2, 0) is 19.2 Å². The molecule has 4 N–H and O–H groups in total. The molecular weight excluding hydrogens is 383 g/mol. The molecule has 0 radical (unpaired) electrons. The first-order valence-electron chi connectivity index (χ1n) is 6.73. The Labute approximate surface area is 157 Å². The van der Waals surface area contributed by atoms with E-state index in [1.54, 1.807) is 13.8 Å². The van der Waals surface area contributed by atoms with Gasteiger partial charge in [-0.2, -0.15) is 0 Å². The number of carboxylic acid groups (broad SMARTS) is 4. The van der Waals surface area contributed by atoms with E-state index in [1.807, 2.05) is 0 Å². The minimum Gasteiger partial charge on any atom is -0.480 e. The summed E-state index contributed by atoms with van der Waals surface area (Å²) in [7, 11) is 0. The molecule has 0 saturated carbocycles. The fourth-order valence-electron chi connectivity index (χ4n) is 2.36. The molecule has 0 heterocycles. The van der Waals surface area contributed by atoms with Crippen molar-refractivity contribution in [2.45, 2.75) is 13.8 Å². The third kappa shape index (κ3) is 15.6. The van der Waals surface area contributed by atoms with Crippen LogP contribution in [0.3, 0.4) is 0 Å². The van der Waals surface area contributed by atoms with Crippen LogP contribution in [0.15, 0.2) is 0 Å². The van der Waals surface area contributed by atoms with Gasteiger partial charge in [0.05, 0.1) is 26.2 Å². The Kier molecular flexibility index (Phi) is 14.3. The average molecular weight is 407 g/mol. The summed E-state index contributed by atoms with van der Waals surface area (Å²) in [6.45, 7) is 1.56. The van der Waals surface area contributed by atoms with E-state index in [-0.39, 0.29) is 37.9 Å². The first-order valence-corrected chi connectivity index (χ1v) is 6.73. The molecule has 0 aliphatic heterocycles. The number of aliphatic carboxylic acids is 4. The van der Waals surface area contributed by atoms with Crippen molar-refractivity contribution in [2.75, 3.05) is 39.3 Å². The molecule has 0 aromatic heterocycles. The molecule has 0 bridgehead atoms. The predicted molar refractivity (Wildman–Crippen MR) is 91.7 cm³/mol. The van der Waals surface area contributed by atoms with Crippen LogP contribution >= 0.6 is 24.8 Å². The van der Waals surface area contributed by atoms with Gasteiger partial charge in [-0.15, -0.1) is 24.8 Å². The van der Waals surface area contributed by atoms with Gasteiger partial charge < -0.3 is 20.4 Å². The van der Waals surface area contributed by atoms with Crippen LogP contribution in [0.1, 0.15) is 13.8 Å². The molecule has 25 heavy (non-hydrogen) atoms. The minimum atomic E-state index is -1.19. The van der Waals surface area contributed by atoms with Crippen LogP contribution in [0.5, 0.6) is 0 Å². The highest BCUT2D eigenvalue weighted by atomic mass is 35.5. The maximum Gasteiger partial charge on any atom is 0.317 e. The topological polar surface area (TPSA) is 156 Å². The predicted octanol–water partition coefficient (Wildman–Crippen LogP) is -0.201. The lowest BCUT2D eigenvalue weighted by Gasteiger charge is -2.34. The molecule has 0 aromatic rings. The summed E-state index contributed by atoms with van der Waals surface area (Å²) in [6.07, 6.45) is 0. The summed E-state index contributed by atoms with van der Waals surface area (Å²) in [5.74, 6) is -4.74. The second kappa shape index (κ2) is 12.7. The van der Waals surface area contributed by atoms with Crippen molar-refractivity contribution in [3.05, 3.63) is 0 Å².